The van der Waals surface area contributed by atoms with E-state index in [9.17, 15) is 4.79 Å². The lowest BCUT2D eigenvalue weighted by Crippen LogP contribution is -2.49. The molecule has 0 aromatic rings. The minimum Gasteiger partial charge on any atom is -0.338 e. The highest BCUT2D eigenvalue weighted by Gasteiger charge is 2.38. The van der Waals surface area contributed by atoms with Gasteiger partial charge in [0.15, 0.2) is 0 Å². The summed E-state index contributed by atoms with van der Waals surface area (Å²) in [7, 11) is 0. The summed E-state index contributed by atoms with van der Waals surface area (Å²) in [6.07, 6.45) is 8.66. The Morgan fingerprint density at radius 3 is 2.50 bits per heavy atom. The molecule has 0 aromatic carbocycles. The zero-order chi connectivity index (χ0) is 11.0. The molecule has 3 aliphatic rings. The molecule has 0 spiro atoms. The number of nitrogens with zero attached hydrogens (tertiary/aromatic N) is 1. The summed E-state index contributed by atoms with van der Waals surface area (Å²) in [5.41, 5.74) is 0. The Hall–Kier alpha value is -0.570. The summed E-state index contributed by atoms with van der Waals surface area (Å²) in [5.74, 6) is 1.22. The van der Waals surface area contributed by atoms with Crippen molar-refractivity contribution in [3.8, 4) is 0 Å². The second-order valence-corrected chi connectivity index (χ2v) is 5.67. The molecule has 1 amide bonds. The molecule has 2 aliphatic carbocycles. The van der Waals surface area contributed by atoms with Crippen molar-refractivity contribution in [1.82, 2.24) is 10.2 Å². The van der Waals surface area contributed by atoms with Crippen molar-refractivity contribution in [2.24, 2.45) is 5.92 Å². The number of hydrogen-bond acceptors (Lipinski definition) is 2. The van der Waals surface area contributed by atoms with E-state index in [1.165, 1.54) is 38.5 Å². The van der Waals surface area contributed by atoms with Crippen LogP contribution >= 0.6 is 0 Å². The Morgan fingerprint density at radius 2 is 1.94 bits per heavy atom. The van der Waals surface area contributed by atoms with Crippen molar-refractivity contribution in [2.75, 3.05) is 13.1 Å². The van der Waals surface area contributed by atoms with E-state index in [1.807, 2.05) is 0 Å². The van der Waals surface area contributed by atoms with Gasteiger partial charge in [-0.3, -0.25) is 4.79 Å². The summed E-state index contributed by atoms with van der Waals surface area (Å²) in [6.45, 7) is 2.07. The first kappa shape index (κ1) is 10.6. The second-order valence-electron chi connectivity index (χ2n) is 5.67. The number of piperidine rings is 1. The van der Waals surface area contributed by atoms with Crippen LogP contribution in [0.2, 0.25) is 0 Å². The summed E-state index contributed by atoms with van der Waals surface area (Å²) in [6, 6.07) is 0.727. The van der Waals surface area contributed by atoms with Gasteiger partial charge in [0, 0.05) is 12.6 Å². The molecule has 0 aromatic heterocycles. The first-order valence-electron chi connectivity index (χ1n) is 6.88. The summed E-state index contributed by atoms with van der Waals surface area (Å²) in [4.78, 5) is 14.6. The van der Waals surface area contributed by atoms with E-state index in [4.69, 9.17) is 0 Å². The molecule has 1 atom stereocenters. The van der Waals surface area contributed by atoms with Crippen LogP contribution in [0.4, 0.5) is 0 Å². The molecule has 1 unspecified atom stereocenters. The van der Waals surface area contributed by atoms with Crippen molar-refractivity contribution in [2.45, 2.75) is 57.0 Å². The Labute approximate surface area is 97.6 Å². The third-order valence-corrected chi connectivity index (χ3v) is 4.03. The summed E-state index contributed by atoms with van der Waals surface area (Å²) < 4.78 is 0. The highest BCUT2D eigenvalue weighted by molar-refractivity contribution is 5.82. The molecule has 0 radical (unpaired) electrons. The molecule has 3 heteroatoms. The summed E-state index contributed by atoms with van der Waals surface area (Å²) in [5, 5.41) is 3.38. The van der Waals surface area contributed by atoms with Crippen LogP contribution in [0.1, 0.15) is 44.9 Å². The molecule has 1 saturated heterocycles. The van der Waals surface area contributed by atoms with Crippen LogP contribution in [0.25, 0.3) is 0 Å². The molecule has 90 valence electrons. The molecule has 1 N–H and O–H groups in total. The predicted octanol–water partition coefficient (Wildman–Crippen LogP) is 1.53. The normalized spacial score (nSPS) is 30.1. The minimum absolute atomic E-state index is 0.133. The highest BCUT2D eigenvalue weighted by Crippen LogP contribution is 2.35. The quantitative estimate of drug-likeness (QED) is 0.782. The van der Waals surface area contributed by atoms with E-state index in [0.717, 1.165) is 25.4 Å². The average Bonchev–Trinajstić information content (AvgIpc) is 3.16. The van der Waals surface area contributed by atoms with Gasteiger partial charge in [-0.2, -0.15) is 0 Å². The lowest BCUT2D eigenvalue weighted by Gasteiger charge is -2.30. The second kappa shape index (κ2) is 4.36. The van der Waals surface area contributed by atoms with Crippen LogP contribution < -0.4 is 5.32 Å². The molecule has 3 rings (SSSR count). The first-order chi connectivity index (χ1) is 7.84. The van der Waals surface area contributed by atoms with Crippen molar-refractivity contribution < 1.29 is 4.79 Å². The molecule has 1 heterocycles. The molecule has 3 nitrogen and oxygen atoms in total. The van der Waals surface area contributed by atoms with Crippen molar-refractivity contribution in [3.05, 3.63) is 0 Å². The maximum Gasteiger partial charge on any atom is 0.239 e. The van der Waals surface area contributed by atoms with Crippen LogP contribution in [-0.2, 0) is 4.79 Å². The van der Waals surface area contributed by atoms with Crippen molar-refractivity contribution >= 4 is 5.91 Å². The van der Waals surface area contributed by atoms with Crippen LogP contribution in [0.15, 0.2) is 0 Å². The SMILES string of the molecule is O=C(C1CCCCN1)N(CC1CC1)C1CC1. The van der Waals surface area contributed by atoms with Crippen molar-refractivity contribution in [3.63, 3.8) is 0 Å². The Balaban J connectivity index is 1.59. The van der Waals surface area contributed by atoms with Gasteiger partial charge >= 0.3 is 0 Å². The molecule has 0 bridgehead atoms. The highest BCUT2D eigenvalue weighted by atomic mass is 16.2. The Bertz CT molecular complexity index is 265. The number of nitrogens with one attached hydrogen (secondary N) is 1. The zero-order valence-electron chi connectivity index (χ0n) is 9.95. The number of rotatable bonds is 4. The third-order valence-electron chi connectivity index (χ3n) is 4.03. The Morgan fingerprint density at radius 1 is 1.12 bits per heavy atom. The van der Waals surface area contributed by atoms with Crippen LogP contribution in [0.5, 0.6) is 0 Å². The fourth-order valence-electron chi connectivity index (χ4n) is 2.65. The van der Waals surface area contributed by atoms with Crippen LogP contribution in [0.3, 0.4) is 0 Å². The monoisotopic (exact) mass is 222 g/mol. The number of carbonyl (C=O) groups is 1. The van der Waals surface area contributed by atoms with Gasteiger partial charge in [-0.05, 0) is 51.0 Å². The molecule has 1 aliphatic heterocycles. The smallest absolute Gasteiger partial charge is 0.239 e. The molecule has 2 saturated carbocycles. The average molecular weight is 222 g/mol. The van der Waals surface area contributed by atoms with E-state index in [1.54, 1.807) is 0 Å². The maximum absolute atomic E-state index is 12.4. The molecular formula is C13H22N2O. The maximum atomic E-state index is 12.4. The van der Waals surface area contributed by atoms with E-state index < -0.39 is 0 Å². The van der Waals surface area contributed by atoms with Crippen LogP contribution in [0, 0.1) is 5.92 Å². The predicted molar refractivity (Wildman–Crippen MR) is 63.1 cm³/mol. The van der Waals surface area contributed by atoms with Gasteiger partial charge < -0.3 is 10.2 Å². The lowest BCUT2D eigenvalue weighted by atomic mass is 10.0. The van der Waals surface area contributed by atoms with E-state index in [-0.39, 0.29) is 6.04 Å². The van der Waals surface area contributed by atoms with Gasteiger partial charge in [0.1, 0.15) is 0 Å². The van der Waals surface area contributed by atoms with E-state index in [0.29, 0.717) is 11.9 Å². The lowest BCUT2D eigenvalue weighted by molar-refractivity contribution is -0.134. The minimum atomic E-state index is 0.133. The van der Waals surface area contributed by atoms with Gasteiger partial charge in [0.2, 0.25) is 5.91 Å². The van der Waals surface area contributed by atoms with Gasteiger partial charge in [-0.25, -0.2) is 0 Å². The van der Waals surface area contributed by atoms with Gasteiger partial charge in [0.05, 0.1) is 6.04 Å². The number of amides is 1. The number of carbonyl (C=O) groups excluding carboxylic acids is 1. The molecule has 3 fully saturated rings. The van der Waals surface area contributed by atoms with Gasteiger partial charge in [-0.1, -0.05) is 6.42 Å². The Kier molecular flexibility index (Phi) is 2.88. The van der Waals surface area contributed by atoms with Crippen molar-refractivity contribution in [1.29, 1.82) is 0 Å². The largest absolute Gasteiger partial charge is 0.338 e. The fraction of sp³-hybridized carbons (Fsp3) is 0.923. The summed E-state index contributed by atoms with van der Waals surface area (Å²) >= 11 is 0. The van der Waals surface area contributed by atoms with Gasteiger partial charge in [0.25, 0.3) is 0 Å². The standard InChI is InChI=1S/C13H22N2O/c16-13(12-3-1-2-8-14-12)15(11-6-7-11)9-10-4-5-10/h10-12,14H,1-9H2. The van der Waals surface area contributed by atoms with Crippen LogP contribution in [-0.4, -0.2) is 36.0 Å². The van der Waals surface area contributed by atoms with E-state index >= 15 is 0 Å². The topological polar surface area (TPSA) is 32.3 Å². The first-order valence-corrected chi connectivity index (χ1v) is 6.88. The van der Waals surface area contributed by atoms with Gasteiger partial charge in [-0.15, -0.1) is 0 Å². The molecular weight excluding hydrogens is 200 g/mol. The molecule has 16 heavy (non-hydrogen) atoms. The fourth-order valence-corrected chi connectivity index (χ4v) is 2.65. The number of hydrogen-bond donors (Lipinski definition) is 1. The third kappa shape index (κ3) is 2.40. The van der Waals surface area contributed by atoms with E-state index in [2.05, 4.69) is 10.2 Å². The zero-order valence-corrected chi connectivity index (χ0v) is 9.95.